The smallest absolute Gasteiger partial charge is 0.212 e. The highest BCUT2D eigenvalue weighted by Gasteiger charge is 2.46. The highest BCUT2D eigenvalue weighted by atomic mass is 32.1. The van der Waals surface area contributed by atoms with E-state index in [1.165, 1.54) is 6.08 Å². The van der Waals surface area contributed by atoms with Gasteiger partial charge in [0.05, 0.1) is 6.04 Å². The molecule has 3 heterocycles. The lowest BCUT2D eigenvalue weighted by Crippen LogP contribution is -2.55. The first-order valence-electron chi connectivity index (χ1n) is 6.74. The van der Waals surface area contributed by atoms with E-state index in [2.05, 4.69) is 4.98 Å². The van der Waals surface area contributed by atoms with Gasteiger partial charge < -0.3 is 14.7 Å². The van der Waals surface area contributed by atoms with Crippen LogP contribution < -0.4 is 4.74 Å². The minimum absolute atomic E-state index is 0.210. The summed E-state index contributed by atoms with van der Waals surface area (Å²) in [6.45, 7) is 4.12. The van der Waals surface area contributed by atoms with Gasteiger partial charge in [-0.25, -0.2) is 0 Å². The number of pyridine rings is 1. The van der Waals surface area contributed by atoms with Crippen molar-refractivity contribution in [1.82, 2.24) is 9.88 Å². The first kappa shape index (κ1) is 14.2. The highest BCUT2D eigenvalue weighted by molar-refractivity contribution is 7.82. The second kappa shape index (κ2) is 4.89. The van der Waals surface area contributed by atoms with Crippen LogP contribution in [0.5, 0.6) is 5.75 Å². The van der Waals surface area contributed by atoms with Crippen molar-refractivity contribution in [1.29, 1.82) is 0 Å². The first-order valence-corrected chi connectivity index (χ1v) is 7.15. The third-order valence-electron chi connectivity index (χ3n) is 3.89. The molecule has 0 aliphatic carbocycles. The van der Waals surface area contributed by atoms with Gasteiger partial charge in [-0.3, -0.25) is 9.78 Å². The van der Waals surface area contributed by atoms with Crippen molar-refractivity contribution in [3.63, 3.8) is 0 Å². The van der Waals surface area contributed by atoms with Gasteiger partial charge in [-0.1, -0.05) is 18.3 Å². The number of rotatable bonds is 1. The predicted octanol–water partition coefficient (Wildman–Crippen LogP) is 1.42. The highest BCUT2D eigenvalue weighted by Crippen LogP contribution is 2.42. The largest absolute Gasteiger partial charge is 0.485 e. The molecule has 2 unspecified atom stereocenters. The Balaban J connectivity index is 2.09. The van der Waals surface area contributed by atoms with Crippen LogP contribution in [-0.2, 0) is 4.79 Å². The Morgan fingerprint density at radius 3 is 3.05 bits per heavy atom. The fraction of sp³-hybridized carbons (Fsp3) is 0.400. The molecule has 2 atom stereocenters. The zero-order valence-corrected chi connectivity index (χ0v) is 12.6. The van der Waals surface area contributed by atoms with Crippen LogP contribution in [0, 0.1) is 0 Å². The summed E-state index contributed by atoms with van der Waals surface area (Å²) >= 11 is 5.24. The molecular formula is C15H16N2O3S. The van der Waals surface area contributed by atoms with Crippen LogP contribution in [0.1, 0.15) is 25.5 Å². The van der Waals surface area contributed by atoms with Gasteiger partial charge in [-0.15, -0.1) is 0 Å². The Hall–Kier alpha value is -1.79. The third kappa shape index (κ3) is 2.24. The number of hydrogen-bond donors (Lipinski definition) is 1. The molecule has 0 amide bonds. The molecule has 1 N–H and O–H groups in total. The molecule has 0 bridgehead atoms. The van der Waals surface area contributed by atoms with Crippen molar-refractivity contribution in [2.24, 2.45) is 0 Å². The summed E-state index contributed by atoms with van der Waals surface area (Å²) in [4.78, 5) is 17.9. The van der Waals surface area contributed by atoms with Crippen LogP contribution in [-0.4, -0.2) is 44.0 Å². The summed E-state index contributed by atoms with van der Waals surface area (Å²) in [5, 5.41) is 10.7. The minimum Gasteiger partial charge on any atom is -0.485 e. The molecule has 2 aliphatic rings. The van der Waals surface area contributed by atoms with Gasteiger partial charge in [0.2, 0.25) is 5.78 Å². The number of aliphatic hydroxyl groups is 1. The zero-order valence-electron chi connectivity index (χ0n) is 11.8. The molecule has 0 fully saturated rings. The molecule has 6 heteroatoms. The van der Waals surface area contributed by atoms with Gasteiger partial charge in [-0.2, -0.15) is 0 Å². The fourth-order valence-electron chi connectivity index (χ4n) is 2.75. The number of hydrogen-bond acceptors (Lipinski definition) is 5. The average Bonchev–Trinajstić information content (AvgIpc) is 2.44. The SMILES string of the molecule is CC1(C)Oc2ccncc2C(N2CC=CC(=O)C2=S)C1O. The predicted molar refractivity (Wildman–Crippen MR) is 81.1 cm³/mol. The standard InChI is InChI=1S/C15H16N2O3S/c1-15(2)13(19)12(9-8-16-6-5-11(9)20-15)17-7-3-4-10(18)14(17)21/h3-6,8,12-13,19H,7H2,1-2H3. The normalized spacial score (nSPS) is 27.3. The van der Waals surface area contributed by atoms with Crippen LogP contribution in [0.25, 0.3) is 0 Å². The maximum absolute atomic E-state index is 11.8. The van der Waals surface area contributed by atoms with Crippen molar-refractivity contribution >= 4 is 23.0 Å². The Morgan fingerprint density at radius 1 is 1.52 bits per heavy atom. The Bertz CT molecular complexity index is 642. The molecule has 21 heavy (non-hydrogen) atoms. The second-order valence-corrected chi connectivity index (χ2v) is 6.12. The summed E-state index contributed by atoms with van der Waals surface area (Å²) < 4.78 is 5.85. The monoisotopic (exact) mass is 304 g/mol. The number of ketones is 1. The first-order chi connectivity index (χ1) is 9.92. The van der Waals surface area contributed by atoms with E-state index in [4.69, 9.17) is 17.0 Å². The van der Waals surface area contributed by atoms with E-state index in [0.29, 0.717) is 12.3 Å². The zero-order chi connectivity index (χ0) is 15.2. The molecular weight excluding hydrogens is 288 g/mol. The number of carbonyl (C=O) groups excluding carboxylic acids is 1. The Kier molecular flexibility index (Phi) is 3.30. The number of aromatic nitrogens is 1. The van der Waals surface area contributed by atoms with Gasteiger partial charge in [0, 0.05) is 24.5 Å². The van der Waals surface area contributed by atoms with Gasteiger partial charge >= 0.3 is 0 Å². The van der Waals surface area contributed by atoms with Gasteiger partial charge in [0.1, 0.15) is 17.5 Å². The third-order valence-corrected chi connectivity index (χ3v) is 4.33. The second-order valence-electron chi connectivity index (χ2n) is 5.73. The molecule has 0 saturated carbocycles. The Labute approximate surface area is 128 Å². The summed E-state index contributed by atoms with van der Waals surface area (Å²) in [6, 6.07) is 1.32. The van der Waals surface area contributed by atoms with E-state index in [1.807, 2.05) is 13.8 Å². The van der Waals surface area contributed by atoms with Crippen molar-refractivity contribution < 1.29 is 14.6 Å². The molecule has 1 aromatic heterocycles. The number of carbonyl (C=O) groups is 1. The minimum atomic E-state index is -0.827. The van der Waals surface area contributed by atoms with E-state index in [-0.39, 0.29) is 10.8 Å². The lowest BCUT2D eigenvalue weighted by Gasteiger charge is -2.46. The maximum Gasteiger partial charge on any atom is 0.212 e. The number of fused-ring (bicyclic) bond motifs is 1. The fourth-order valence-corrected chi connectivity index (χ4v) is 3.01. The van der Waals surface area contributed by atoms with Crippen molar-refractivity contribution in [3.8, 4) is 5.75 Å². The lowest BCUT2D eigenvalue weighted by molar-refractivity contribution is -0.111. The van der Waals surface area contributed by atoms with Crippen LogP contribution in [0.15, 0.2) is 30.6 Å². The molecule has 0 saturated heterocycles. The number of nitrogens with zero attached hydrogens (tertiary/aromatic N) is 2. The quantitative estimate of drug-likeness (QED) is 0.792. The van der Waals surface area contributed by atoms with Crippen LogP contribution in [0.3, 0.4) is 0 Å². The summed E-state index contributed by atoms with van der Waals surface area (Å²) in [7, 11) is 0. The van der Waals surface area contributed by atoms with Gasteiger partial charge in [0.25, 0.3) is 0 Å². The molecule has 3 rings (SSSR count). The van der Waals surface area contributed by atoms with Crippen LogP contribution in [0.4, 0.5) is 0 Å². The molecule has 5 nitrogen and oxygen atoms in total. The number of aliphatic hydroxyl groups excluding tert-OH is 1. The average molecular weight is 304 g/mol. The maximum atomic E-state index is 11.8. The van der Waals surface area contributed by atoms with E-state index in [0.717, 1.165) is 5.56 Å². The molecule has 110 valence electrons. The van der Waals surface area contributed by atoms with E-state index < -0.39 is 17.7 Å². The van der Waals surface area contributed by atoms with Gasteiger partial charge in [-0.05, 0) is 26.0 Å². The van der Waals surface area contributed by atoms with E-state index in [9.17, 15) is 9.90 Å². The summed E-state index contributed by atoms with van der Waals surface area (Å²) in [5.41, 5.74) is -0.0338. The number of ether oxygens (including phenoxy) is 1. The van der Waals surface area contributed by atoms with Gasteiger partial charge in [0.15, 0.2) is 4.99 Å². The molecule has 1 aromatic rings. The van der Waals surface area contributed by atoms with Crippen molar-refractivity contribution in [2.45, 2.75) is 31.6 Å². The van der Waals surface area contributed by atoms with E-state index in [1.54, 1.807) is 29.4 Å². The Morgan fingerprint density at radius 2 is 2.29 bits per heavy atom. The molecule has 2 aliphatic heterocycles. The van der Waals surface area contributed by atoms with E-state index >= 15 is 0 Å². The summed E-state index contributed by atoms with van der Waals surface area (Å²) in [5.74, 6) is 0.452. The topological polar surface area (TPSA) is 62.7 Å². The van der Waals surface area contributed by atoms with Crippen molar-refractivity contribution in [2.75, 3.05) is 6.54 Å². The lowest BCUT2D eigenvalue weighted by atomic mass is 9.86. The summed E-state index contributed by atoms with van der Waals surface area (Å²) in [6.07, 6.45) is 5.70. The van der Waals surface area contributed by atoms with Crippen molar-refractivity contribution in [3.05, 3.63) is 36.2 Å². The molecule has 0 radical (unpaired) electrons. The molecule has 0 aromatic carbocycles. The van der Waals surface area contributed by atoms with Crippen LogP contribution >= 0.6 is 12.2 Å². The molecule has 0 spiro atoms. The van der Waals surface area contributed by atoms with Crippen LogP contribution in [0.2, 0.25) is 0 Å². The number of thiocarbonyl (C=S) groups is 1.